The number of esters is 4. The Morgan fingerprint density at radius 3 is 1.79 bits per heavy atom. The molecule has 0 N–H and O–H groups in total. The molecule has 1 aliphatic heterocycles. The molecule has 0 aromatic heterocycles. The summed E-state index contributed by atoms with van der Waals surface area (Å²) in [6.07, 6.45) is -7.49. The van der Waals surface area contributed by atoms with Crippen molar-refractivity contribution in [1.29, 1.82) is 0 Å². The van der Waals surface area contributed by atoms with E-state index in [1.54, 1.807) is 0 Å². The van der Waals surface area contributed by atoms with Crippen LogP contribution >= 0.6 is 15.9 Å². The van der Waals surface area contributed by atoms with Crippen molar-refractivity contribution in [2.24, 2.45) is 0 Å². The van der Waals surface area contributed by atoms with Crippen LogP contribution < -0.4 is 22.6 Å². The molecule has 0 bridgehead atoms. The highest BCUT2D eigenvalue weighted by atomic mass is 79.9. The van der Waals surface area contributed by atoms with E-state index in [2.05, 4.69) is 15.9 Å². The van der Waals surface area contributed by atoms with E-state index in [-0.39, 0.29) is 23.0 Å². The third kappa shape index (κ3) is 10.4. The maximum atomic E-state index is 13.1. The quantitative estimate of drug-likeness (QED) is 0.155. The number of benzene rings is 2. The van der Waals surface area contributed by atoms with Crippen LogP contribution in [0.1, 0.15) is 33.3 Å². The van der Waals surface area contributed by atoms with Crippen LogP contribution in [-0.2, 0) is 58.6 Å². The lowest BCUT2D eigenvalue weighted by atomic mass is 9.98. The van der Waals surface area contributed by atoms with Gasteiger partial charge in [-0.05, 0) is 12.1 Å². The zero-order chi connectivity index (χ0) is 34.9. The van der Waals surface area contributed by atoms with Crippen LogP contribution in [0.25, 0.3) is 0 Å². The molecule has 0 aliphatic carbocycles. The summed E-state index contributed by atoms with van der Waals surface area (Å²) < 4.78 is 80.1. The molecule has 0 amide bonds. The average molecular weight is 750 g/mol. The zero-order valence-corrected chi connectivity index (χ0v) is 28.5. The molecule has 0 saturated carbocycles. The molecule has 1 saturated heterocycles. The standard InChI is InChI=1S/C29H33BrO16S/c1-15(31)39-14-25-26(40-16(2)32)27(41-17(3)33)28(42-18(4)34)29(44-25)43-21-9-7-8-10-22(21)46-47(35,36)45-19-11-23(37-5)20(13-30)24(12-19)38-6/h7-12,25-29H,13-14H2,1-6H3/t25-,26+,27+,28?,29?/m1/s1. The summed E-state index contributed by atoms with van der Waals surface area (Å²) in [7, 11) is -2.07. The Kier molecular flexibility index (Phi) is 13.1. The van der Waals surface area contributed by atoms with Crippen LogP contribution in [0.5, 0.6) is 28.7 Å². The highest BCUT2D eigenvalue weighted by Crippen LogP contribution is 2.38. The molecule has 1 heterocycles. The summed E-state index contributed by atoms with van der Waals surface area (Å²) in [6.45, 7) is 3.83. The summed E-state index contributed by atoms with van der Waals surface area (Å²) in [6, 6.07) is 8.07. The van der Waals surface area contributed by atoms with Gasteiger partial charge in [-0.3, -0.25) is 19.2 Å². The molecular weight excluding hydrogens is 716 g/mol. The van der Waals surface area contributed by atoms with Gasteiger partial charge in [0.05, 0.1) is 14.2 Å². The van der Waals surface area contributed by atoms with Gasteiger partial charge >= 0.3 is 34.3 Å². The van der Waals surface area contributed by atoms with Gasteiger partial charge in [0.25, 0.3) is 0 Å². The first-order valence-corrected chi connectivity index (χ1v) is 16.1. The molecule has 18 heteroatoms. The van der Waals surface area contributed by atoms with E-state index < -0.39 is 77.3 Å². The molecule has 258 valence electrons. The molecule has 2 unspecified atom stereocenters. The number of hydrogen-bond donors (Lipinski definition) is 0. The minimum atomic E-state index is -4.84. The van der Waals surface area contributed by atoms with Crippen LogP contribution in [0, 0.1) is 0 Å². The lowest BCUT2D eigenvalue weighted by Crippen LogP contribution is -2.63. The first-order chi connectivity index (χ1) is 22.2. The van der Waals surface area contributed by atoms with Crippen molar-refractivity contribution < 1.29 is 73.9 Å². The normalized spacial score (nSPS) is 20.6. The fourth-order valence-electron chi connectivity index (χ4n) is 4.41. The van der Waals surface area contributed by atoms with E-state index in [4.69, 9.17) is 46.3 Å². The molecule has 47 heavy (non-hydrogen) atoms. The Balaban J connectivity index is 1.98. The van der Waals surface area contributed by atoms with E-state index in [1.165, 1.54) is 50.6 Å². The number of alkyl halides is 1. The number of halogens is 1. The third-order valence-electron chi connectivity index (χ3n) is 6.15. The minimum Gasteiger partial charge on any atom is -0.496 e. The molecular formula is C29H33BrO16S. The van der Waals surface area contributed by atoms with Crippen molar-refractivity contribution in [2.45, 2.75) is 63.7 Å². The highest BCUT2D eigenvalue weighted by Gasteiger charge is 2.53. The number of carbonyl (C=O) groups excluding carboxylic acids is 4. The van der Waals surface area contributed by atoms with Crippen LogP contribution in [0.4, 0.5) is 0 Å². The summed E-state index contributed by atoms with van der Waals surface area (Å²) in [5, 5.41) is 0.340. The van der Waals surface area contributed by atoms with Crippen LogP contribution in [0.15, 0.2) is 36.4 Å². The molecule has 1 aliphatic rings. The molecule has 5 atom stereocenters. The van der Waals surface area contributed by atoms with E-state index in [9.17, 15) is 27.6 Å². The van der Waals surface area contributed by atoms with Gasteiger partial charge in [-0.25, -0.2) is 0 Å². The van der Waals surface area contributed by atoms with Gasteiger partial charge in [0.2, 0.25) is 12.4 Å². The smallest absolute Gasteiger partial charge is 0.496 e. The predicted molar refractivity (Wildman–Crippen MR) is 161 cm³/mol. The van der Waals surface area contributed by atoms with Crippen molar-refractivity contribution in [3.63, 3.8) is 0 Å². The van der Waals surface area contributed by atoms with Gasteiger partial charge in [0.15, 0.2) is 29.5 Å². The maximum Gasteiger partial charge on any atom is 0.501 e. The first kappa shape index (κ1) is 37.2. The van der Waals surface area contributed by atoms with Crippen molar-refractivity contribution in [3.8, 4) is 28.7 Å². The van der Waals surface area contributed by atoms with Gasteiger partial charge in [0, 0.05) is 50.7 Å². The Bertz CT molecular complexity index is 1540. The average Bonchev–Trinajstić information content (AvgIpc) is 2.98. The first-order valence-electron chi connectivity index (χ1n) is 13.7. The summed E-state index contributed by atoms with van der Waals surface area (Å²) >= 11 is 3.32. The number of para-hydroxylation sites is 2. The molecule has 16 nitrogen and oxygen atoms in total. The molecule has 2 aromatic carbocycles. The van der Waals surface area contributed by atoms with Crippen molar-refractivity contribution in [3.05, 3.63) is 42.0 Å². The van der Waals surface area contributed by atoms with Gasteiger partial charge in [-0.2, -0.15) is 0 Å². The fraction of sp³-hybridized carbons (Fsp3) is 0.448. The highest BCUT2D eigenvalue weighted by molar-refractivity contribution is 9.08. The van der Waals surface area contributed by atoms with Crippen LogP contribution in [0.2, 0.25) is 0 Å². The molecule has 0 radical (unpaired) electrons. The lowest BCUT2D eigenvalue weighted by molar-refractivity contribution is -0.288. The number of carbonyl (C=O) groups is 4. The molecule has 1 fully saturated rings. The molecule has 2 aromatic rings. The van der Waals surface area contributed by atoms with E-state index in [0.717, 1.165) is 27.7 Å². The summed E-state index contributed by atoms with van der Waals surface area (Å²) in [5.41, 5.74) is 0.601. The SMILES string of the molecule is COc1cc(OS(=O)(=O)Oc2ccccc2OC2O[C@H](COC(C)=O)[C@H](OC(C)=O)[C@H](OC(C)=O)C2OC(C)=O)cc(OC)c1CBr. The van der Waals surface area contributed by atoms with Crippen molar-refractivity contribution in [1.82, 2.24) is 0 Å². The monoisotopic (exact) mass is 748 g/mol. The largest absolute Gasteiger partial charge is 0.501 e. The Labute approximate surface area is 278 Å². The van der Waals surface area contributed by atoms with E-state index in [1.807, 2.05) is 0 Å². The zero-order valence-electron chi connectivity index (χ0n) is 26.1. The third-order valence-corrected chi connectivity index (χ3v) is 7.49. The van der Waals surface area contributed by atoms with E-state index in [0.29, 0.717) is 10.9 Å². The second-order valence-electron chi connectivity index (χ2n) is 9.65. The summed E-state index contributed by atoms with van der Waals surface area (Å²) in [5.74, 6) is -3.52. The minimum absolute atomic E-state index is 0.193. The van der Waals surface area contributed by atoms with Gasteiger partial charge in [0.1, 0.15) is 24.2 Å². The van der Waals surface area contributed by atoms with Crippen molar-refractivity contribution >= 4 is 50.2 Å². The Hall–Kier alpha value is -4.29. The second-order valence-corrected chi connectivity index (χ2v) is 11.4. The second kappa shape index (κ2) is 16.5. The van der Waals surface area contributed by atoms with Crippen molar-refractivity contribution in [2.75, 3.05) is 20.8 Å². The van der Waals surface area contributed by atoms with Gasteiger partial charge < -0.3 is 46.3 Å². The topological polar surface area (TPSA) is 195 Å². The number of rotatable bonds is 14. The number of ether oxygens (including phenoxy) is 8. The summed E-state index contributed by atoms with van der Waals surface area (Å²) in [4.78, 5) is 47.8. The maximum absolute atomic E-state index is 13.1. The number of hydrogen-bond acceptors (Lipinski definition) is 16. The van der Waals surface area contributed by atoms with Crippen LogP contribution in [0.3, 0.4) is 0 Å². The molecule has 0 spiro atoms. The Morgan fingerprint density at radius 1 is 0.745 bits per heavy atom. The Morgan fingerprint density at radius 2 is 1.28 bits per heavy atom. The lowest BCUT2D eigenvalue weighted by Gasteiger charge is -2.43. The van der Waals surface area contributed by atoms with Crippen LogP contribution in [-0.4, -0.2) is 83.8 Å². The van der Waals surface area contributed by atoms with Gasteiger partial charge in [-0.1, -0.05) is 28.1 Å². The predicted octanol–water partition coefficient (Wildman–Crippen LogP) is 2.76. The molecule has 3 rings (SSSR count). The van der Waals surface area contributed by atoms with Gasteiger partial charge in [-0.15, -0.1) is 8.42 Å². The fourth-order valence-corrected chi connectivity index (χ4v) is 5.69. The number of methoxy groups -OCH3 is 2. The van der Waals surface area contributed by atoms with E-state index >= 15 is 0 Å².